The second kappa shape index (κ2) is 5.36. The first kappa shape index (κ1) is 14.7. The van der Waals surface area contributed by atoms with Crippen LogP contribution in [0.3, 0.4) is 0 Å². The monoisotopic (exact) mass is 269 g/mol. The summed E-state index contributed by atoms with van der Waals surface area (Å²) >= 11 is 2.15. The molecule has 1 aliphatic heterocycles. The Bertz CT molecular complexity index is 269. The Morgan fingerprint density at radius 2 is 1.67 bits per heavy atom. The Balaban J connectivity index is 1.95. The highest BCUT2D eigenvalue weighted by Gasteiger charge is 2.39. The van der Waals surface area contributed by atoms with Crippen LogP contribution in [0.1, 0.15) is 66.7 Å². The van der Waals surface area contributed by atoms with Crippen molar-refractivity contribution in [3.8, 4) is 0 Å². The van der Waals surface area contributed by atoms with Crippen molar-refractivity contribution in [2.45, 2.75) is 84.1 Å². The second-order valence-corrected chi connectivity index (χ2v) is 9.59. The molecule has 2 fully saturated rings. The molecule has 1 N–H and O–H groups in total. The van der Waals surface area contributed by atoms with Gasteiger partial charge >= 0.3 is 0 Å². The van der Waals surface area contributed by atoms with Gasteiger partial charge in [0.05, 0.1) is 0 Å². The number of hydrogen-bond acceptors (Lipinski definition) is 2. The molecule has 1 saturated carbocycles. The Kier molecular flexibility index (Phi) is 4.38. The maximum Gasteiger partial charge on any atom is 0.0186 e. The molecule has 2 aliphatic rings. The summed E-state index contributed by atoms with van der Waals surface area (Å²) in [4.78, 5) is 0. The van der Waals surface area contributed by atoms with Gasteiger partial charge in [-0.15, -0.1) is 0 Å². The van der Waals surface area contributed by atoms with Gasteiger partial charge in [-0.2, -0.15) is 11.8 Å². The normalized spacial score (nSPS) is 36.5. The molecule has 0 bridgehead atoms. The Labute approximate surface area is 118 Å². The SMILES string of the molecule is CC1SCCCC1NC1CC(C)(C)CC(C)(C)C1. The number of thioether (sulfide) groups is 1. The first-order chi connectivity index (χ1) is 8.27. The lowest BCUT2D eigenvalue weighted by Gasteiger charge is -2.47. The van der Waals surface area contributed by atoms with E-state index in [-0.39, 0.29) is 0 Å². The van der Waals surface area contributed by atoms with E-state index >= 15 is 0 Å². The summed E-state index contributed by atoms with van der Waals surface area (Å²) < 4.78 is 0. The molecule has 0 spiro atoms. The molecule has 1 aliphatic carbocycles. The van der Waals surface area contributed by atoms with Gasteiger partial charge in [0.1, 0.15) is 0 Å². The molecule has 0 aromatic heterocycles. The molecule has 0 aromatic rings. The zero-order valence-electron chi connectivity index (χ0n) is 12.9. The largest absolute Gasteiger partial charge is 0.310 e. The quantitative estimate of drug-likeness (QED) is 0.794. The van der Waals surface area contributed by atoms with Crippen LogP contribution in [0.15, 0.2) is 0 Å². The molecule has 1 heterocycles. The van der Waals surface area contributed by atoms with Crippen molar-refractivity contribution in [1.29, 1.82) is 0 Å². The maximum atomic E-state index is 4.00. The van der Waals surface area contributed by atoms with E-state index < -0.39 is 0 Å². The van der Waals surface area contributed by atoms with Crippen molar-refractivity contribution >= 4 is 11.8 Å². The summed E-state index contributed by atoms with van der Waals surface area (Å²) in [6.45, 7) is 12.2. The summed E-state index contributed by atoms with van der Waals surface area (Å²) in [5.41, 5.74) is 1.01. The van der Waals surface area contributed by atoms with Crippen LogP contribution < -0.4 is 5.32 Å². The molecular weight excluding hydrogens is 238 g/mol. The lowest BCUT2D eigenvalue weighted by atomic mass is 9.63. The van der Waals surface area contributed by atoms with E-state index in [4.69, 9.17) is 0 Å². The lowest BCUT2D eigenvalue weighted by Crippen LogP contribution is -2.50. The van der Waals surface area contributed by atoms with Crippen molar-refractivity contribution in [2.24, 2.45) is 10.8 Å². The fraction of sp³-hybridized carbons (Fsp3) is 1.00. The Morgan fingerprint density at radius 1 is 1.06 bits per heavy atom. The molecule has 1 nitrogen and oxygen atoms in total. The molecule has 18 heavy (non-hydrogen) atoms. The summed E-state index contributed by atoms with van der Waals surface area (Å²) in [6, 6.07) is 1.48. The summed E-state index contributed by atoms with van der Waals surface area (Å²) in [5, 5.41) is 4.80. The Morgan fingerprint density at radius 3 is 2.22 bits per heavy atom. The summed E-state index contributed by atoms with van der Waals surface area (Å²) in [7, 11) is 0. The van der Waals surface area contributed by atoms with E-state index in [0.29, 0.717) is 10.8 Å². The molecule has 106 valence electrons. The highest BCUT2D eigenvalue weighted by molar-refractivity contribution is 7.99. The molecule has 2 rings (SSSR count). The summed E-state index contributed by atoms with van der Waals surface area (Å²) in [6.07, 6.45) is 6.85. The molecule has 2 unspecified atom stereocenters. The smallest absolute Gasteiger partial charge is 0.0186 e. The van der Waals surface area contributed by atoms with Gasteiger partial charge in [0.2, 0.25) is 0 Å². The van der Waals surface area contributed by atoms with E-state index in [1.165, 1.54) is 37.9 Å². The zero-order chi connectivity index (χ0) is 13.4. The van der Waals surface area contributed by atoms with Crippen LogP contribution in [0.5, 0.6) is 0 Å². The topological polar surface area (TPSA) is 12.0 Å². The molecule has 2 heteroatoms. The van der Waals surface area contributed by atoms with E-state index in [2.05, 4.69) is 51.7 Å². The van der Waals surface area contributed by atoms with Gasteiger partial charge in [-0.1, -0.05) is 34.6 Å². The van der Waals surface area contributed by atoms with Crippen LogP contribution >= 0.6 is 11.8 Å². The second-order valence-electron chi connectivity index (χ2n) is 8.10. The van der Waals surface area contributed by atoms with Gasteiger partial charge in [-0.3, -0.25) is 0 Å². The van der Waals surface area contributed by atoms with Gasteiger partial charge < -0.3 is 5.32 Å². The highest BCUT2D eigenvalue weighted by Crippen LogP contribution is 2.46. The minimum atomic E-state index is 0.504. The predicted molar refractivity (Wildman–Crippen MR) is 83.3 cm³/mol. The first-order valence-electron chi connectivity index (χ1n) is 7.65. The van der Waals surface area contributed by atoms with Gasteiger partial charge in [-0.25, -0.2) is 0 Å². The average molecular weight is 269 g/mol. The van der Waals surface area contributed by atoms with Crippen molar-refractivity contribution < 1.29 is 0 Å². The molecule has 0 aromatic carbocycles. The van der Waals surface area contributed by atoms with Gasteiger partial charge in [0.25, 0.3) is 0 Å². The third kappa shape index (κ3) is 3.90. The number of rotatable bonds is 2. The van der Waals surface area contributed by atoms with Crippen molar-refractivity contribution in [3.63, 3.8) is 0 Å². The van der Waals surface area contributed by atoms with Crippen LogP contribution in [0.2, 0.25) is 0 Å². The third-order valence-electron chi connectivity index (χ3n) is 4.61. The van der Waals surface area contributed by atoms with E-state index in [9.17, 15) is 0 Å². The van der Waals surface area contributed by atoms with E-state index in [0.717, 1.165) is 17.3 Å². The number of nitrogens with one attached hydrogen (secondary N) is 1. The molecule has 1 saturated heterocycles. The standard InChI is InChI=1S/C16H31NS/c1-12-14(7-6-8-18-12)17-13-9-15(2,3)11-16(4,5)10-13/h12-14,17H,6-11H2,1-5H3. The Hall–Kier alpha value is 0.310. The van der Waals surface area contributed by atoms with Crippen LogP contribution in [0.4, 0.5) is 0 Å². The van der Waals surface area contributed by atoms with Crippen LogP contribution in [-0.4, -0.2) is 23.1 Å². The zero-order valence-corrected chi connectivity index (χ0v) is 13.7. The first-order valence-corrected chi connectivity index (χ1v) is 8.70. The fourth-order valence-electron chi connectivity index (χ4n) is 4.41. The highest BCUT2D eigenvalue weighted by atomic mass is 32.2. The molecular formula is C16H31NS. The lowest BCUT2D eigenvalue weighted by molar-refractivity contribution is 0.0795. The average Bonchev–Trinajstić information content (AvgIpc) is 2.16. The van der Waals surface area contributed by atoms with E-state index in [1.807, 2.05) is 0 Å². The molecule has 2 atom stereocenters. The van der Waals surface area contributed by atoms with E-state index in [1.54, 1.807) is 0 Å². The predicted octanol–water partition coefficient (Wildman–Crippen LogP) is 4.47. The molecule has 0 radical (unpaired) electrons. The van der Waals surface area contributed by atoms with Gasteiger partial charge in [0, 0.05) is 17.3 Å². The van der Waals surface area contributed by atoms with Crippen LogP contribution in [-0.2, 0) is 0 Å². The number of hydrogen-bond donors (Lipinski definition) is 1. The maximum absolute atomic E-state index is 4.00. The van der Waals surface area contributed by atoms with Crippen LogP contribution in [0, 0.1) is 10.8 Å². The van der Waals surface area contributed by atoms with Gasteiger partial charge in [0.15, 0.2) is 0 Å². The minimum Gasteiger partial charge on any atom is -0.310 e. The minimum absolute atomic E-state index is 0.504. The van der Waals surface area contributed by atoms with Crippen molar-refractivity contribution in [1.82, 2.24) is 5.32 Å². The fourth-order valence-corrected chi connectivity index (χ4v) is 5.56. The van der Waals surface area contributed by atoms with Crippen molar-refractivity contribution in [3.05, 3.63) is 0 Å². The third-order valence-corrected chi connectivity index (χ3v) is 5.99. The van der Waals surface area contributed by atoms with Crippen LogP contribution in [0.25, 0.3) is 0 Å². The summed E-state index contributed by atoms with van der Waals surface area (Å²) in [5.74, 6) is 1.36. The van der Waals surface area contributed by atoms with Crippen molar-refractivity contribution in [2.75, 3.05) is 5.75 Å². The molecule has 0 amide bonds. The van der Waals surface area contributed by atoms with Gasteiger partial charge in [-0.05, 0) is 48.7 Å².